The monoisotopic (exact) mass is 281 g/mol. The summed E-state index contributed by atoms with van der Waals surface area (Å²) in [5, 5.41) is 2.71. The molecule has 1 fully saturated rings. The summed E-state index contributed by atoms with van der Waals surface area (Å²) < 4.78 is 23.5. The van der Waals surface area contributed by atoms with Gasteiger partial charge in [0.25, 0.3) is 5.91 Å². The Bertz CT molecular complexity index is 528. The van der Waals surface area contributed by atoms with Crippen molar-refractivity contribution in [2.45, 2.75) is 31.9 Å². The first-order valence-electron chi connectivity index (χ1n) is 6.36. The van der Waals surface area contributed by atoms with Gasteiger partial charge in [-0.15, -0.1) is 0 Å². The first kappa shape index (κ1) is 14.3. The molecular formula is C14H16FNO4. The van der Waals surface area contributed by atoms with Crippen LogP contribution in [0.15, 0.2) is 18.2 Å². The van der Waals surface area contributed by atoms with E-state index in [1.54, 1.807) is 0 Å². The van der Waals surface area contributed by atoms with Crippen LogP contribution in [0.1, 0.15) is 30.1 Å². The van der Waals surface area contributed by atoms with Crippen LogP contribution in [0.5, 0.6) is 5.75 Å². The minimum Gasteiger partial charge on any atom is -0.497 e. The van der Waals surface area contributed by atoms with Crippen LogP contribution in [0, 0.1) is 5.82 Å². The Balaban J connectivity index is 1.98. The van der Waals surface area contributed by atoms with Crippen molar-refractivity contribution in [3.8, 4) is 5.75 Å². The smallest absolute Gasteiger partial charge is 0.341 e. The topological polar surface area (TPSA) is 64.6 Å². The molecule has 1 aromatic carbocycles. The maximum absolute atomic E-state index is 13.7. The molecule has 0 spiro atoms. The summed E-state index contributed by atoms with van der Waals surface area (Å²) in [5.41, 5.74) is -0.225. The van der Waals surface area contributed by atoms with Crippen LogP contribution in [0.3, 0.4) is 0 Å². The van der Waals surface area contributed by atoms with Gasteiger partial charge in [0, 0.05) is 12.1 Å². The third-order valence-electron chi connectivity index (χ3n) is 2.97. The average molecular weight is 281 g/mol. The van der Waals surface area contributed by atoms with Crippen LogP contribution >= 0.6 is 0 Å². The molecule has 1 amide bonds. The van der Waals surface area contributed by atoms with Crippen LogP contribution in [0.25, 0.3) is 0 Å². The molecule has 6 heteroatoms. The predicted molar refractivity (Wildman–Crippen MR) is 69.0 cm³/mol. The van der Waals surface area contributed by atoms with E-state index in [1.165, 1.54) is 26.2 Å². The molecule has 0 saturated heterocycles. The average Bonchev–Trinajstić information content (AvgIpc) is 3.22. The van der Waals surface area contributed by atoms with Crippen LogP contribution in [0.2, 0.25) is 0 Å². The van der Waals surface area contributed by atoms with E-state index in [2.05, 4.69) is 5.32 Å². The van der Waals surface area contributed by atoms with Gasteiger partial charge in [-0.3, -0.25) is 4.79 Å². The van der Waals surface area contributed by atoms with Gasteiger partial charge in [0.1, 0.15) is 11.6 Å². The van der Waals surface area contributed by atoms with Gasteiger partial charge >= 0.3 is 5.97 Å². The molecule has 1 aliphatic carbocycles. The second kappa shape index (κ2) is 5.90. The molecular weight excluding hydrogens is 265 g/mol. The van der Waals surface area contributed by atoms with Crippen molar-refractivity contribution in [3.05, 3.63) is 29.6 Å². The highest BCUT2D eigenvalue weighted by molar-refractivity contribution is 5.92. The number of rotatable bonds is 5. The molecule has 2 rings (SSSR count). The standard InChI is InChI=1S/C14H16FNO4/c1-8(13(17)16-9-3-4-9)20-14(18)11-6-5-10(19-2)7-12(11)15/h5-9H,3-4H2,1-2H3,(H,16,17). The number of hydrogen-bond donors (Lipinski definition) is 1. The molecule has 20 heavy (non-hydrogen) atoms. The van der Waals surface area contributed by atoms with E-state index in [4.69, 9.17) is 9.47 Å². The Hall–Kier alpha value is -2.11. The lowest BCUT2D eigenvalue weighted by Crippen LogP contribution is -2.37. The first-order valence-corrected chi connectivity index (χ1v) is 6.36. The second-order valence-corrected chi connectivity index (χ2v) is 4.68. The lowest BCUT2D eigenvalue weighted by Gasteiger charge is -2.13. The van der Waals surface area contributed by atoms with Gasteiger partial charge < -0.3 is 14.8 Å². The number of benzene rings is 1. The Morgan fingerprint density at radius 3 is 2.65 bits per heavy atom. The zero-order valence-corrected chi connectivity index (χ0v) is 11.3. The van der Waals surface area contributed by atoms with E-state index in [-0.39, 0.29) is 17.5 Å². The SMILES string of the molecule is COc1ccc(C(=O)OC(C)C(=O)NC2CC2)c(F)c1. The van der Waals surface area contributed by atoms with Crippen molar-refractivity contribution in [3.63, 3.8) is 0 Å². The number of carbonyl (C=O) groups excluding carboxylic acids is 2. The number of nitrogens with one attached hydrogen (secondary N) is 1. The molecule has 0 aromatic heterocycles. The zero-order valence-electron chi connectivity index (χ0n) is 11.3. The summed E-state index contributed by atoms with van der Waals surface area (Å²) >= 11 is 0. The number of halogens is 1. The van der Waals surface area contributed by atoms with E-state index in [1.807, 2.05) is 0 Å². The van der Waals surface area contributed by atoms with Crippen molar-refractivity contribution < 1.29 is 23.5 Å². The Kier molecular flexibility index (Phi) is 4.22. The fourth-order valence-electron chi connectivity index (χ4n) is 1.61. The number of carbonyl (C=O) groups is 2. The van der Waals surface area contributed by atoms with Gasteiger partial charge in [0.05, 0.1) is 12.7 Å². The molecule has 0 bridgehead atoms. The summed E-state index contributed by atoms with van der Waals surface area (Å²) in [7, 11) is 1.40. The summed E-state index contributed by atoms with van der Waals surface area (Å²) in [4.78, 5) is 23.4. The maximum atomic E-state index is 13.7. The molecule has 1 aliphatic rings. The Morgan fingerprint density at radius 1 is 1.40 bits per heavy atom. The van der Waals surface area contributed by atoms with Crippen LogP contribution < -0.4 is 10.1 Å². The molecule has 1 N–H and O–H groups in total. The number of ether oxygens (including phenoxy) is 2. The van der Waals surface area contributed by atoms with Gasteiger partial charge in [-0.05, 0) is 31.9 Å². The molecule has 1 saturated carbocycles. The molecule has 0 heterocycles. The van der Waals surface area contributed by atoms with Crippen LogP contribution in [0.4, 0.5) is 4.39 Å². The molecule has 1 aromatic rings. The number of amides is 1. The summed E-state index contributed by atoms with van der Waals surface area (Å²) in [6, 6.07) is 3.99. The second-order valence-electron chi connectivity index (χ2n) is 4.68. The molecule has 5 nitrogen and oxygen atoms in total. The number of hydrogen-bond acceptors (Lipinski definition) is 4. The van der Waals surface area contributed by atoms with Crippen molar-refractivity contribution in [1.29, 1.82) is 0 Å². The largest absolute Gasteiger partial charge is 0.497 e. The third-order valence-corrected chi connectivity index (χ3v) is 2.97. The minimum absolute atomic E-state index is 0.182. The van der Waals surface area contributed by atoms with Crippen molar-refractivity contribution >= 4 is 11.9 Å². The lowest BCUT2D eigenvalue weighted by atomic mass is 10.2. The summed E-state index contributed by atoms with van der Waals surface area (Å²) in [6.45, 7) is 1.46. The maximum Gasteiger partial charge on any atom is 0.341 e. The van der Waals surface area contributed by atoms with E-state index < -0.39 is 17.9 Å². The Morgan fingerprint density at radius 2 is 2.10 bits per heavy atom. The minimum atomic E-state index is -0.954. The molecule has 108 valence electrons. The number of methoxy groups -OCH3 is 1. The highest BCUT2D eigenvalue weighted by Gasteiger charge is 2.27. The van der Waals surface area contributed by atoms with Crippen molar-refractivity contribution in [2.24, 2.45) is 0 Å². The number of esters is 1. The molecule has 0 aliphatic heterocycles. The first-order chi connectivity index (χ1) is 9.51. The molecule has 1 unspecified atom stereocenters. The normalized spacial score (nSPS) is 15.3. The highest BCUT2D eigenvalue weighted by Crippen LogP contribution is 2.20. The van der Waals surface area contributed by atoms with Gasteiger partial charge in [-0.2, -0.15) is 0 Å². The molecule has 0 radical (unpaired) electrons. The summed E-state index contributed by atoms with van der Waals surface area (Å²) in [6.07, 6.45) is 0.934. The lowest BCUT2D eigenvalue weighted by molar-refractivity contribution is -0.129. The van der Waals surface area contributed by atoms with Gasteiger partial charge in [-0.1, -0.05) is 0 Å². The van der Waals surface area contributed by atoms with E-state index >= 15 is 0 Å². The Labute approximate surface area is 116 Å². The molecule has 1 atom stereocenters. The summed E-state index contributed by atoms with van der Waals surface area (Å²) in [5.74, 6) is -1.68. The van der Waals surface area contributed by atoms with Gasteiger partial charge in [0.15, 0.2) is 6.10 Å². The van der Waals surface area contributed by atoms with E-state index in [0.717, 1.165) is 18.9 Å². The van der Waals surface area contributed by atoms with Crippen LogP contribution in [-0.4, -0.2) is 31.1 Å². The van der Waals surface area contributed by atoms with E-state index in [0.29, 0.717) is 5.75 Å². The fraction of sp³-hybridized carbons (Fsp3) is 0.429. The quantitative estimate of drug-likeness (QED) is 0.834. The van der Waals surface area contributed by atoms with Gasteiger partial charge in [-0.25, -0.2) is 9.18 Å². The van der Waals surface area contributed by atoms with Crippen molar-refractivity contribution in [1.82, 2.24) is 5.32 Å². The van der Waals surface area contributed by atoms with E-state index in [9.17, 15) is 14.0 Å². The zero-order chi connectivity index (χ0) is 14.7. The predicted octanol–water partition coefficient (Wildman–Crippen LogP) is 1.66. The highest BCUT2D eigenvalue weighted by atomic mass is 19.1. The van der Waals surface area contributed by atoms with Gasteiger partial charge in [0.2, 0.25) is 0 Å². The van der Waals surface area contributed by atoms with Crippen LogP contribution in [-0.2, 0) is 9.53 Å². The third kappa shape index (κ3) is 3.46. The fourth-order valence-corrected chi connectivity index (χ4v) is 1.61. The van der Waals surface area contributed by atoms with Crippen molar-refractivity contribution in [2.75, 3.05) is 7.11 Å².